The summed E-state index contributed by atoms with van der Waals surface area (Å²) in [6.07, 6.45) is 1.21. The maximum Gasteiger partial charge on any atom is 0.0704 e. The fourth-order valence-corrected chi connectivity index (χ4v) is 4.00. The van der Waals surface area contributed by atoms with E-state index in [4.69, 9.17) is 0 Å². The van der Waals surface area contributed by atoms with E-state index in [9.17, 15) is 0 Å². The van der Waals surface area contributed by atoms with Crippen LogP contribution < -0.4 is 0 Å². The van der Waals surface area contributed by atoms with Gasteiger partial charge in [-0.1, -0.05) is 36.2 Å². The van der Waals surface area contributed by atoms with Crippen LogP contribution in [0.3, 0.4) is 0 Å². The zero-order valence-corrected chi connectivity index (χ0v) is 12.1. The van der Waals surface area contributed by atoms with E-state index in [0.29, 0.717) is 10.7 Å². The number of hydrogen-bond donors (Lipinski definition) is 0. The second-order valence-electron chi connectivity index (χ2n) is 3.35. The molecule has 0 spiro atoms. The molecule has 2 unspecified atom stereocenters. The third-order valence-electron chi connectivity index (χ3n) is 2.37. The predicted molar refractivity (Wildman–Crippen MR) is 67.9 cm³/mol. The van der Waals surface area contributed by atoms with Crippen molar-refractivity contribution in [3.63, 3.8) is 0 Å². The van der Waals surface area contributed by atoms with E-state index in [1.807, 2.05) is 11.3 Å². The summed E-state index contributed by atoms with van der Waals surface area (Å²) in [5, 5.41) is 0. The molecule has 0 radical (unpaired) electrons. The average molecular weight is 326 g/mol. The Hall–Kier alpha value is 0.660. The van der Waals surface area contributed by atoms with Gasteiger partial charge in [0.2, 0.25) is 0 Å². The highest BCUT2D eigenvalue weighted by Crippen LogP contribution is 2.39. The molecule has 2 atom stereocenters. The maximum absolute atomic E-state index is 3.76. The summed E-state index contributed by atoms with van der Waals surface area (Å²) in [4.78, 5) is 1.91. The largest absolute Gasteiger partial charge is 0.133 e. The van der Waals surface area contributed by atoms with Gasteiger partial charge >= 0.3 is 0 Å². The molecule has 1 aromatic heterocycles. The van der Waals surface area contributed by atoms with Crippen molar-refractivity contribution in [3.05, 3.63) is 20.3 Å². The third kappa shape index (κ3) is 2.80. The molecule has 1 heterocycles. The van der Waals surface area contributed by atoms with Crippen molar-refractivity contribution in [1.82, 2.24) is 0 Å². The lowest BCUT2D eigenvalue weighted by Crippen LogP contribution is -2.01. The maximum atomic E-state index is 3.76. The minimum atomic E-state index is 0.500. The summed E-state index contributed by atoms with van der Waals surface area (Å²) >= 11 is 9.09. The van der Waals surface area contributed by atoms with Gasteiger partial charge in [0.05, 0.1) is 3.79 Å². The van der Waals surface area contributed by atoms with Crippen LogP contribution in [0, 0.1) is 12.8 Å². The average Bonchev–Trinajstić information content (AvgIpc) is 2.42. The Morgan fingerprint density at radius 2 is 2.15 bits per heavy atom. The topological polar surface area (TPSA) is 0 Å². The molecule has 0 fully saturated rings. The Balaban J connectivity index is 2.87. The third-order valence-corrected chi connectivity index (χ3v) is 5.33. The van der Waals surface area contributed by atoms with Gasteiger partial charge in [-0.25, -0.2) is 0 Å². The molecule has 13 heavy (non-hydrogen) atoms. The number of aryl methyl sites for hydroxylation is 1. The highest BCUT2D eigenvalue weighted by molar-refractivity contribution is 9.11. The first-order valence-electron chi connectivity index (χ1n) is 4.46. The van der Waals surface area contributed by atoms with Crippen molar-refractivity contribution in [1.29, 1.82) is 0 Å². The van der Waals surface area contributed by atoms with E-state index in [-0.39, 0.29) is 0 Å². The quantitative estimate of drug-likeness (QED) is 0.661. The standard InChI is InChI=1S/C10H14Br2S/c1-4-6(2)10(12)8-5-9(11)13-7(8)3/h5-6,10H,4H2,1-3H3. The van der Waals surface area contributed by atoms with E-state index in [2.05, 4.69) is 58.7 Å². The first-order chi connectivity index (χ1) is 6.06. The number of rotatable bonds is 3. The van der Waals surface area contributed by atoms with E-state index < -0.39 is 0 Å². The fraction of sp³-hybridized carbons (Fsp3) is 0.600. The van der Waals surface area contributed by atoms with Gasteiger partial charge < -0.3 is 0 Å². The first-order valence-corrected chi connectivity index (χ1v) is 6.98. The predicted octanol–water partition coefficient (Wildman–Crippen LogP) is 5.30. The van der Waals surface area contributed by atoms with E-state index in [1.165, 1.54) is 20.6 Å². The summed E-state index contributed by atoms with van der Waals surface area (Å²) in [7, 11) is 0. The number of thiophene rings is 1. The van der Waals surface area contributed by atoms with Crippen molar-refractivity contribution in [2.75, 3.05) is 0 Å². The van der Waals surface area contributed by atoms with Gasteiger partial charge in [0.25, 0.3) is 0 Å². The number of hydrogen-bond acceptors (Lipinski definition) is 1. The Morgan fingerprint density at radius 3 is 2.54 bits per heavy atom. The Kier molecular flexibility index (Phi) is 4.46. The molecular formula is C10H14Br2S. The molecule has 3 heteroatoms. The number of alkyl halides is 1. The van der Waals surface area contributed by atoms with Gasteiger partial charge in [-0.2, -0.15) is 0 Å². The number of halogens is 2. The van der Waals surface area contributed by atoms with E-state index in [1.54, 1.807) is 0 Å². The normalized spacial score (nSPS) is 15.8. The van der Waals surface area contributed by atoms with Crippen molar-refractivity contribution < 1.29 is 0 Å². The molecule has 0 nitrogen and oxygen atoms in total. The fourth-order valence-electron chi connectivity index (χ4n) is 1.25. The molecule has 0 aliphatic rings. The molecule has 0 aliphatic carbocycles. The lowest BCUT2D eigenvalue weighted by molar-refractivity contribution is 0.555. The minimum Gasteiger partial charge on any atom is -0.133 e. The molecule has 1 rings (SSSR count). The highest BCUT2D eigenvalue weighted by atomic mass is 79.9. The van der Waals surface area contributed by atoms with Crippen LogP contribution in [0.5, 0.6) is 0 Å². The van der Waals surface area contributed by atoms with Crippen LogP contribution in [0.1, 0.15) is 35.5 Å². The van der Waals surface area contributed by atoms with Crippen LogP contribution in [0.15, 0.2) is 9.85 Å². The van der Waals surface area contributed by atoms with Gasteiger partial charge in [-0.05, 0) is 40.4 Å². The lowest BCUT2D eigenvalue weighted by Gasteiger charge is -2.16. The monoisotopic (exact) mass is 324 g/mol. The smallest absolute Gasteiger partial charge is 0.0704 e. The Bertz CT molecular complexity index is 280. The van der Waals surface area contributed by atoms with Crippen molar-refractivity contribution in [3.8, 4) is 0 Å². The van der Waals surface area contributed by atoms with Gasteiger partial charge in [-0.3, -0.25) is 0 Å². The SMILES string of the molecule is CCC(C)C(Br)c1cc(Br)sc1C. The van der Waals surface area contributed by atoms with Gasteiger partial charge in [0.15, 0.2) is 0 Å². The summed E-state index contributed by atoms with van der Waals surface area (Å²) in [6, 6.07) is 2.23. The van der Waals surface area contributed by atoms with Crippen LogP contribution in [0.2, 0.25) is 0 Å². The van der Waals surface area contributed by atoms with E-state index >= 15 is 0 Å². The van der Waals surface area contributed by atoms with Crippen LogP contribution in [0.4, 0.5) is 0 Å². The van der Waals surface area contributed by atoms with Gasteiger partial charge in [0, 0.05) is 9.70 Å². The van der Waals surface area contributed by atoms with Crippen molar-refractivity contribution >= 4 is 43.2 Å². The molecule has 0 aromatic carbocycles. The van der Waals surface area contributed by atoms with Gasteiger partial charge in [-0.15, -0.1) is 11.3 Å². The van der Waals surface area contributed by atoms with Crippen LogP contribution in [0.25, 0.3) is 0 Å². The van der Waals surface area contributed by atoms with Crippen LogP contribution >= 0.6 is 43.2 Å². The summed E-state index contributed by atoms with van der Waals surface area (Å²) in [5.41, 5.74) is 1.44. The van der Waals surface area contributed by atoms with Gasteiger partial charge in [0.1, 0.15) is 0 Å². The molecule has 0 saturated heterocycles. The van der Waals surface area contributed by atoms with E-state index in [0.717, 1.165) is 0 Å². The van der Waals surface area contributed by atoms with Crippen molar-refractivity contribution in [2.45, 2.75) is 32.0 Å². The first kappa shape index (κ1) is 11.7. The molecule has 1 aromatic rings. The molecule has 0 bridgehead atoms. The summed E-state index contributed by atoms with van der Waals surface area (Å²) in [6.45, 7) is 6.70. The lowest BCUT2D eigenvalue weighted by atomic mass is 9.99. The van der Waals surface area contributed by atoms with Crippen LogP contribution in [-0.4, -0.2) is 0 Å². The second kappa shape index (κ2) is 4.94. The molecule has 0 N–H and O–H groups in total. The molecule has 74 valence electrons. The minimum absolute atomic E-state index is 0.500. The molecule has 0 aliphatic heterocycles. The molecule has 0 saturated carbocycles. The highest BCUT2D eigenvalue weighted by Gasteiger charge is 2.18. The summed E-state index contributed by atoms with van der Waals surface area (Å²) < 4.78 is 1.23. The zero-order chi connectivity index (χ0) is 10.0. The Morgan fingerprint density at radius 1 is 1.54 bits per heavy atom. The van der Waals surface area contributed by atoms with Crippen LogP contribution in [-0.2, 0) is 0 Å². The zero-order valence-electron chi connectivity index (χ0n) is 8.10. The second-order valence-corrected chi connectivity index (χ2v) is 6.97. The molecular weight excluding hydrogens is 312 g/mol. The molecule has 0 amide bonds. The Labute approximate surface area is 101 Å². The summed E-state index contributed by atoms with van der Waals surface area (Å²) in [5.74, 6) is 0.695. The van der Waals surface area contributed by atoms with Crippen molar-refractivity contribution in [2.24, 2.45) is 5.92 Å².